The van der Waals surface area contributed by atoms with Crippen molar-refractivity contribution in [2.45, 2.75) is 33.7 Å². The fraction of sp³-hybridized carbons (Fsp3) is 0.583. The molecule has 0 aromatic carbocycles. The second kappa shape index (κ2) is 3.21. The number of hydrogen-bond donors (Lipinski definition) is 1. The van der Waals surface area contributed by atoms with Crippen LogP contribution in [0.5, 0.6) is 0 Å². The van der Waals surface area contributed by atoms with Crippen molar-refractivity contribution in [1.29, 1.82) is 0 Å². The Kier molecular flexibility index (Phi) is 2.34. The number of anilines is 1. The minimum atomic E-state index is 0.356. The van der Waals surface area contributed by atoms with Crippen LogP contribution in [0.25, 0.3) is 0 Å². The maximum atomic E-state index is 4.15. The Morgan fingerprint density at radius 2 is 1.80 bits per heavy atom. The molecule has 0 bridgehead atoms. The molecule has 82 valence electrons. The van der Waals surface area contributed by atoms with Crippen LogP contribution in [0, 0.1) is 10.8 Å². The van der Waals surface area contributed by atoms with Crippen molar-refractivity contribution in [1.82, 2.24) is 4.98 Å². The van der Waals surface area contributed by atoms with Gasteiger partial charge in [0.1, 0.15) is 0 Å². The van der Waals surface area contributed by atoms with E-state index in [9.17, 15) is 0 Å². The van der Waals surface area contributed by atoms with Gasteiger partial charge in [-0.3, -0.25) is 4.98 Å². The Balaban J connectivity index is 2.12. The van der Waals surface area contributed by atoms with Crippen LogP contribution in [0.2, 0.25) is 0 Å². The molecule has 2 nitrogen and oxygen atoms in total. The first-order chi connectivity index (χ1) is 6.85. The lowest BCUT2D eigenvalue weighted by Gasteiger charge is -2.07. The number of aromatic nitrogens is 1. The Morgan fingerprint density at radius 3 is 2.27 bits per heavy atom. The van der Waals surface area contributed by atoms with E-state index in [-0.39, 0.29) is 0 Å². The third kappa shape index (κ3) is 1.67. The number of rotatable bonds is 2. The molecular weight excluding hydrogens is 252 g/mol. The molecule has 1 heterocycles. The number of nitrogens with one attached hydrogen (secondary N) is 1. The summed E-state index contributed by atoms with van der Waals surface area (Å²) in [5.74, 6) is 0. The van der Waals surface area contributed by atoms with E-state index in [1.54, 1.807) is 6.20 Å². The molecule has 0 aliphatic heterocycles. The zero-order valence-electron chi connectivity index (χ0n) is 9.63. The molecule has 0 atom stereocenters. The van der Waals surface area contributed by atoms with Crippen LogP contribution in [-0.2, 0) is 0 Å². The molecule has 1 N–H and O–H groups in total. The van der Waals surface area contributed by atoms with Gasteiger partial charge < -0.3 is 5.32 Å². The molecule has 1 aliphatic carbocycles. The van der Waals surface area contributed by atoms with Crippen LogP contribution in [0.15, 0.2) is 22.9 Å². The molecule has 1 saturated carbocycles. The largest absolute Gasteiger partial charge is 0.380 e. The van der Waals surface area contributed by atoms with Gasteiger partial charge in [0.05, 0.1) is 11.9 Å². The molecule has 1 fully saturated rings. The van der Waals surface area contributed by atoms with Crippen molar-refractivity contribution in [3.8, 4) is 0 Å². The minimum Gasteiger partial charge on any atom is -0.380 e. The highest BCUT2D eigenvalue weighted by molar-refractivity contribution is 9.10. The van der Waals surface area contributed by atoms with Crippen LogP contribution in [0.3, 0.4) is 0 Å². The Bertz CT molecular complexity index is 371. The topological polar surface area (TPSA) is 24.9 Å². The maximum Gasteiger partial charge on any atom is 0.0540 e. The molecule has 1 aromatic heterocycles. The normalized spacial score (nSPS) is 22.5. The first-order valence-corrected chi connectivity index (χ1v) is 6.02. The summed E-state index contributed by atoms with van der Waals surface area (Å²) in [5, 5.41) is 3.54. The second-order valence-corrected chi connectivity index (χ2v) is 6.33. The van der Waals surface area contributed by atoms with Crippen LogP contribution >= 0.6 is 15.9 Å². The molecule has 0 radical (unpaired) electrons. The number of nitrogens with zero attached hydrogens (tertiary/aromatic N) is 1. The summed E-state index contributed by atoms with van der Waals surface area (Å²) in [6, 6.07) is 2.60. The molecule has 1 aromatic rings. The standard InChI is InChI=1S/C12H17BrN2/c1-11(2)10(12(11,3)4)15-9-5-8(13)6-14-7-9/h5-7,10,15H,1-4H3. The van der Waals surface area contributed by atoms with Gasteiger partial charge in [-0.25, -0.2) is 0 Å². The molecule has 3 heteroatoms. The monoisotopic (exact) mass is 268 g/mol. The summed E-state index contributed by atoms with van der Waals surface area (Å²) in [6.45, 7) is 9.21. The van der Waals surface area contributed by atoms with E-state index in [1.807, 2.05) is 6.20 Å². The van der Waals surface area contributed by atoms with E-state index in [1.165, 1.54) is 0 Å². The predicted molar refractivity (Wildman–Crippen MR) is 66.9 cm³/mol. The van der Waals surface area contributed by atoms with Crippen molar-refractivity contribution in [2.24, 2.45) is 10.8 Å². The van der Waals surface area contributed by atoms with E-state index in [2.05, 4.69) is 60.0 Å². The van der Waals surface area contributed by atoms with E-state index in [4.69, 9.17) is 0 Å². The van der Waals surface area contributed by atoms with E-state index in [0.717, 1.165) is 10.2 Å². The lowest BCUT2D eigenvalue weighted by Crippen LogP contribution is -2.09. The molecule has 0 spiro atoms. The van der Waals surface area contributed by atoms with Crippen LogP contribution in [0.1, 0.15) is 27.7 Å². The van der Waals surface area contributed by atoms with Gasteiger partial charge >= 0.3 is 0 Å². The third-order valence-corrected chi connectivity index (χ3v) is 4.47. The average molecular weight is 269 g/mol. The highest BCUT2D eigenvalue weighted by Crippen LogP contribution is 2.63. The van der Waals surface area contributed by atoms with Crippen molar-refractivity contribution in [3.63, 3.8) is 0 Å². The van der Waals surface area contributed by atoms with Crippen molar-refractivity contribution >= 4 is 21.6 Å². The average Bonchev–Trinajstić information content (AvgIpc) is 2.48. The zero-order chi connectivity index (χ0) is 11.3. The van der Waals surface area contributed by atoms with E-state index >= 15 is 0 Å². The molecule has 2 rings (SSSR count). The highest BCUT2D eigenvalue weighted by Gasteiger charge is 2.64. The molecule has 15 heavy (non-hydrogen) atoms. The summed E-state index contributed by atoms with van der Waals surface area (Å²) < 4.78 is 1.02. The van der Waals surface area contributed by atoms with Crippen LogP contribution in [-0.4, -0.2) is 11.0 Å². The van der Waals surface area contributed by atoms with Gasteiger partial charge in [-0.1, -0.05) is 27.7 Å². The number of hydrogen-bond acceptors (Lipinski definition) is 2. The number of pyridine rings is 1. The van der Waals surface area contributed by atoms with Crippen molar-refractivity contribution < 1.29 is 0 Å². The fourth-order valence-corrected chi connectivity index (χ4v) is 2.58. The Labute approximate surface area is 99.6 Å². The summed E-state index contributed by atoms with van der Waals surface area (Å²) in [7, 11) is 0. The van der Waals surface area contributed by atoms with Gasteiger partial charge in [0, 0.05) is 16.7 Å². The van der Waals surface area contributed by atoms with Crippen molar-refractivity contribution in [3.05, 3.63) is 22.9 Å². The van der Waals surface area contributed by atoms with Gasteiger partial charge in [0.25, 0.3) is 0 Å². The van der Waals surface area contributed by atoms with E-state index in [0.29, 0.717) is 16.9 Å². The molecule has 0 amide bonds. The molecule has 1 aliphatic rings. The second-order valence-electron chi connectivity index (χ2n) is 5.41. The van der Waals surface area contributed by atoms with Gasteiger partial charge in [-0.05, 0) is 32.8 Å². The van der Waals surface area contributed by atoms with Crippen molar-refractivity contribution in [2.75, 3.05) is 5.32 Å². The summed E-state index contributed by atoms with van der Waals surface area (Å²) in [6.07, 6.45) is 3.67. The number of halogens is 1. The summed E-state index contributed by atoms with van der Waals surface area (Å²) >= 11 is 3.43. The first-order valence-electron chi connectivity index (χ1n) is 5.23. The smallest absolute Gasteiger partial charge is 0.0540 e. The Morgan fingerprint density at radius 1 is 1.20 bits per heavy atom. The van der Waals surface area contributed by atoms with Crippen LogP contribution in [0.4, 0.5) is 5.69 Å². The summed E-state index contributed by atoms with van der Waals surface area (Å²) in [4.78, 5) is 4.15. The lowest BCUT2D eigenvalue weighted by atomic mass is 10.0. The SMILES string of the molecule is CC1(C)C(Nc2cncc(Br)c2)C1(C)C. The minimum absolute atomic E-state index is 0.356. The summed E-state index contributed by atoms with van der Waals surface area (Å²) in [5.41, 5.74) is 1.80. The highest BCUT2D eigenvalue weighted by atomic mass is 79.9. The van der Waals surface area contributed by atoms with Gasteiger partial charge in [-0.15, -0.1) is 0 Å². The third-order valence-electron chi connectivity index (χ3n) is 4.04. The zero-order valence-corrected chi connectivity index (χ0v) is 11.2. The van der Waals surface area contributed by atoms with Gasteiger partial charge in [0.2, 0.25) is 0 Å². The van der Waals surface area contributed by atoms with Crippen LogP contribution < -0.4 is 5.32 Å². The van der Waals surface area contributed by atoms with Gasteiger partial charge in [-0.2, -0.15) is 0 Å². The molecular formula is C12H17BrN2. The fourth-order valence-electron chi connectivity index (χ4n) is 2.21. The quantitative estimate of drug-likeness (QED) is 0.885. The maximum absolute atomic E-state index is 4.15. The lowest BCUT2D eigenvalue weighted by molar-refractivity contribution is 0.457. The Hall–Kier alpha value is -0.570. The molecule has 0 unspecified atom stereocenters. The first kappa shape index (κ1) is 10.9. The predicted octanol–water partition coefficient (Wildman–Crippen LogP) is 3.69. The van der Waals surface area contributed by atoms with Gasteiger partial charge in [0.15, 0.2) is 0 Å². The van der Waals surface area contributed by atoms with E-state index < -0.39 is 0 Å². The molecule has 0 saturated heterocycles.